The summed E-state index contributed by atoms with van der Waals surface area (Å²) in [5.74, 6) is 0.536. The minimum absolute atomic E-state index is 0.150. The zero-order chi connectivity index (χ0) is 10.7. The molecule has 0 atom stereocenters. The van der Waals surface area contributed by atoms with Crippen molar-refractivity contribution in [1.82, 2.24) is 9.97 Å². The lowest BCUT2D eigenvalue weighted by Gasteiger charge is -2.16. The van der Waals surface area contributed by atoms with Crippen LogP contribution in [0.5, 0.6) is 0 Å². The summed E-state index contributed by atoms with van der Waals surface area (Å²) < 4.78 is 0. The van der Waals surface area contributed by atoms with Crippen molar-refractivity contribution in [3.05, 3.63) is 52.9 Å². The highest BCUT2D eigenvalue weighted by molar-refractivity contribution is 5.55. The fourth-order valence-electron chi connectivity index (χ4n) is 1.30. The average Bonchev–Trinajstić information content (AvgIpc) is 2.29. The van der Waals surface area contributed by atoms with Gasteiger partial charge in [-0.15, -0.1) is 0 Å². The maximum atomic E-state index is 11.1. The van der Waals surface area contributed by atoms with E-state index in [9.17, 15) is 4.79 Å². The number of benzene rings is 1. The second-order valence-corrected chi connectivity index (χ2v) is 3.15. The number of H-pyrrole nitrogens is 1. The second-order valence-electron chi connectivity index (χ2n) is 3.15. The van der Waals surface area contributed by atoms with Gasteiger partial charge in [-0.05, 0) is 12.1 Å². The topological polar surface area (TPSA) is 49.0 Å². The van der Waals surface area contributed by atoms with Gasteiger partial charge in [0.15, 0.2) is 0 Å². The number of hydrogen-bond acceptors (Lipinski definition) is 3. The monoisotopic (exact) mass is 201 g/mol. The fraction of sp³-hybridized carbons (Fsp3) is 0.0909. The number of nitrogens with zero attached hydrogens (tertiary/aromatic N) is 2. The maximum absolute atomic E-state index is 11.1. The molecule has 0 aliphatic heterocycles. The summed E-state index contributed by atoms with van der Waals surface area (Å²) in [6.45, 7) is 0. The van der Waals surface area contributed by atoms with Crippen molar-refractivity contribution in [3.63, 3.8) is 0 Å². The van der Waals surface area contributed by atoms with E-state index in [-0.39, 0.29) is 5.56 Å². The standard InChI is InChI=1S/C11H11N3O/c1-14(9-5-3-2-4-6-9)11-12-8-7-10(15)13-11/h2-8H,1H3,(H,12,13,15). The Morgan fingerprint density at radius 1 is 1.20 bits per heavy atom. The Bertz CT molecular complexity index is 492. The van der Waals surface area contributed by atoms with Gasteiger partial charge in [0.1, 0.15) is 0 Å². The highest BCUT2D eigenvalue weighted by Gasteiger charge is 2.04. The molecule has 0 radical (unpaired) electrons. The zero-order valence-electron chi connectivity index (χ0n) is 8.34. The molecular weight excluding hydrogens is 190 g/mol. The highest BCUT2D eigenvalue weighted by atomic mass is 16.1. The van der Waals surface area contributed by atoms with Crippen molar-refractivity contribution in [2.24, 2.45) is 0 Å². The van der Waals surface area contributed by atoms with Crippen molar-refractivity contribution in [1.29, 1.82) is 0 Å². The normalized spacial score (nSPS) is 9.93. The van der Waals surface area contributed by atoms with E-state index in [0.29, 0.717) is 5.95 Å². The van der Waals surface area contributed by atoms with E-state index in [1.807, 2.05) is 42.3 Å². The first-order chi connectivity index (χ1) is 7.27. The number of nitrogens with one attached hydrogen (secondary N) is 1. The molecule has 0 saturated carbocycles. The van der Waals surface area contributed by atoms with Crippen LogP contribution in [0.1, 0.15) is 0 Å². The first-order valence-electron chi connectivity index (χ1n) is 4.61. The van der Waals surface area contributed by atoms with E-state index in [4.69, 9.17) is 0 Å². The van der Waals surface area contributed by atoms with Crippen molar-refractivity contribution >= 4 is 11.6 Å². The van der Waals surface area contributed by atoms with Crippen molar-refractivity contribution in [3.8, 4) is 0 Å². The smallest absolute Gasteiger partial charge is 0.252 e. The molecule has 1 aromatic heterocycles. The van der Waals surface area contributed by atoms with E-state index in [0.717, 1.165) is 5.69 Å². The van der Waals surface area contributed by atoms with E-state index < -0.39 is 0 Å². The van der Waals surface area contributed by atoms with Crippen molar-refractivity contribution in [2.45, 2.75) is 0 Å². The average molecular weight is 201 g/mol. The largest absolute Gasteiger partial charge is 0.315 e. The molecule has 0 amide bonds. The predicted octanol–water partition coefficient (Wildman–Crippen LogP) is 1.54. The lowest BCUT2D eigenvalue weighted by atomic mass is 10.3. The Hall–Kier alpha value is -2.10. The Kier molecular flexibility index (Phi) is 2.49. The lowest BCUT2D eigenvalue weighted by Crippen LogP contribution is -2.17. The molecule has 0 saturated heterocycles. The summed E-state index contributed by atoms with van der Waals surface area (Å²) in [7, 11) is 1.85. The summed E-state index contributed by atoms with van der Waals surface area (Å²) in [4.78, 5) is 19.7. The molecule has 2 rings (SSSR count). The SMILES string of the molecule is CN(c1ccccc1)c1nccc(=O)[nH]1. The maximum Gasteiger partial charge on any atom is 0.252 e. The zero-order valence-corrected chi connectivity index (χ0v) is 8.34. The van der Waals surface area contributed by atoms with Crippen LogP contribution in [0.3, 0.4) is 0 Å². The number of para-hydroxylation sites is 1. The quantitative estimate of drug-likeness (QED) is 0.801. The van der Waals surface area contributed by atoms with Gasteiger partial charge < -0.3 is 4.90 Å². The minimum atomic E-state index is -0.150. The first-order valence-corrected chi connectivity index (χ1v) is 4.61. The first kappa shape index (κ1) is 9.45. The Morgan fingerprint density at radius 3 is 2.60 bits per heavy atom. The van der Waals surface area contributed by atoms with Crippen LogP contribution in [-0.4, -0.2) is 17.0 Å². The molecule has 4 heteroatoms. The van der Waals surface area contributed by atoms with Crippen molar-refractivity contribution in [2.75, 3.05) is 11.9 Å². The lowest BCUT2D eigenvalue weighted by molar-refractivity contribution is 1.02. The van der Waals surface area contributed by atoms with E-state index >= 15 is 0 Å². The molecule has 0 aliphatic carbocycles. The van der Waals surface area contributed by atoms with Gasteiger partial charge in [-0.2, -0.15) is 0 Å². The predicted molar refractivity (Wildman–Crippen MR) is 59.4 cm³/mol. The van der Waals surface area contributed by atoms with E-state index in [1.165, 1.54) is 12.3 Å². The highest BCUT2D eigenvalue weighted by Crippen LogP contribution is 2.17. The van der Waals surface area contributed by atoms with Gasteiger partial charge in [-0.1, -0.05) is 18.2 Å². The Labute approximate surface area is 87.2 Å². The third-order valence-electron chi connectivity index (χ3n) is 2.12. The fourth-order valence-corrected chi connectivity index (χ4v) is 1.30. The molecule has 0 spiro atoms. The molecule has 1 heterocycles. The molecule has 1 aromatic carbocycles. The number of rotatable bonds is 2. The number of hydrogen-bond donors (Lipinski definition) is 1. The van der Waals surface area contributed by atoms with Gasteiger partial charge in [0.05, 0.1) is 0 Å². The molecule has 4 nitrogen and oxygen atoms in total. The molecule has 2 aromatic rings. The number of aromatic amines is 1. The van der Waals surface area contributed by atoms with Crippen molar-refractivity contribution < 1.29 is 0 Å². The summed E-state index contributed by atoms with van der Waals surface area (Å²) in [5, 5.41) is 0. The van der Waals surface area contributed by atoms with Crippen LogP contribution in [0, 0.1) is 0 Å². The summed E-state index contributed by atoms with van der Waals surface area (Å²) in [6.07, 6.45) is 1.49. The third kappa shape index (κ3) is 2.04. The molecule has 0 fully saturated rings. The molecule has 1 N–H and O–H groups in total. The van der Waals surface area contributed by atoms with Gasteiger partial charge in [-0.25, -0.2) is 4.98 Å². The van der Waals surface area contributed by atoms with Crippen LogP contribution in [0.4, 0.5) is 11.6 Å². The summed E-state index contributed by atoms with van der Waals surface area (Å²) >= 11 is 0. The van der Waals surface area contributed by atoms with Crippen LogP contribution in [0.15, 0.2) is 47.4 Å². The Morgan fingerprint density at radius 2 is 1.93 bits per heavy atom. The minimum Gasteiger partial charge on any atom is -0.315 e. The molecule has 0 aliphatic rings. The molecule has 0 unspecified atom stereocenters. The van der Waals surface area contributed by atoms with Crippen LogP contribution < -0.4 is 10.5 Å². The van der Waals surface area contributed by atoms with Crippen LogP contribution in [0.2, 0.25) is 0 Å². The van der Waals surface area contributed by atoms with Gasteiger partial charge in [0.2, 0.25) is 5.95 Å². The second kappa shape index (κ2) is 3.96. The summed E-state index contributed by atoms with van der Waals surface area (Å²) in [6, 6.07) is 11.1. The van der Waals surface area contributed by atoms with Gasteiger partial charge in [-0.3, -0.25) is 9.78 Å². The van der Waals surface area contributed by atoms with E-state index in [2.05, 4.69) is 9.97 Å². The summed E-state index contributed by atoms with van der Waals surface area (Å²) in [5.41, 5.74) is 0.828. The molecular formula is C11H11N3O. The Balaban J connectivity index is 2.37. The van der Waals surface area contributed by atoms with E-state index in [1.54, 1.807) is 0 Å². The van der Waals surface area contributed by atoms with Crippen LogP contribution >= 0.6 is 0 Å². The van der Waals surface area contributed by atoms with Crippen LogP contribution in [-0.2, 0) is 0 Å². The third-order valence-corrected chi connectivity index (χ3v) is 2.12. The van der Waals surface area contributed by atoms with Gasteiger partial charge in [0, 0.05) is 25.0 Å². The number of anilines is 2. The van der Waals surface area contributed by atoms with Gasteiger partial charge >= 0.3 is 0 Å². The van der Waals surface area contributed by atoms with Crippen LogP contribution in [0.25, 0.3) is 0 Å². The molecule has 0 bridgehead atoms. The van der Waals surface area contributed by atoms with Gasteiger partial charge in [0.25, 0.3) is 5.56 Å². The molecule has 15 heavy (non-hydrogen) atoms. The number of aromatic nitrogens is 2. The molecule has 76 valence electrons.